The second-order valence-corrected chi connectivity index (χ2v) is 6.94. The van der Waals surface area contributed by atoms with Crippen LogP contribution in [0.15, 0.2) is 12.2 Å². The summed E-state index contributed by atoms with van der Waals surface area (Å²) < 4.78 is 10.8. The highest BCUT2D eigenvalue weighted by Crippen LogP contribution is 2.51. The van der Waals surface area contributed by atoms with Crippen LogP contribution < -0.4 is 0 Å². The summed E-state index contributed by atoms with van der Waals surface area (Å²) in [5.41, 5.74) is 0.484. The Bertz CT molecular complexity index is 456. The quantitative estimate of drug-likeness (QED) is 0.577. The molecule has 0 spiro atoms. The molecule has 0 aromatic rings. The molecule has 3 fully saturated rings. The van der Waals surface area contributed by atoms with Gasteiger partial charge in [0, 0.05) is 12.0 Å². The van der Waals surface area contributed by atoms with E-state index < -0.39 is 0 Å². The van der Waals surface area contributed by atoms with Crippen LogP contribution in [-0.4, -0.2) is 24.1 Å². The number of esters is 2. The fourth-order valence-corrected chi connectivity index (χ4v) is 4.26. The highest BCUT2D eigenvalue weighted by Gasteiger charge is 2.47. The van der Waals surface area contributed by atoms with Gasteiger partial charge in [-0.3, -0.25) is 4.79 Å². The Labute approximate surface area is 125 Å². The van der Waals surface area contributed by atoms with Crippen molar-refractivity contribution in [2.45, 2.75) is 64.1 Å². The molecule has 1 heterocycles. The summed E-state index contributed by atoms with van der Waals surface area (Å²) in [5.74, 6) is 1.63. The van der Waals surface area contributed by atoms with E-state index in [0.29, 0.717) is 29.7 Å². The van der Waals surface area contributed by atoms with Crippen molar-refractivity contribution in [3.8, 4) is 0 Å². The van der Waals surface area contributed by atoms with Gasteiger partial charge in [0.1, 0.15) is 12.2 Å². The predicted octanol–water partition coefficient (Wildman–Crippen LogP) is 3.01. The summed E-state index contributed by atoms with van der Waals surface area (Å²) in [6.07, 6.45) is 7.18. The van der Waals surface area contributed by atoms with Crippen LogP contribution in [0.3, 0.4) is 0 Å². The minimum absolute atomic E-state index is 0.0419. The SMILES string of the molecule is C=C(C)C(=O)OC1CC2CC1CC2CCC1CCC(=O)O1. The molecule has 4 nitrogen and oxygen atoms in total. The highest BCUT2D eigenvalue weighted by molar-refractivity contribution is 5.87. The van der Waals surface area contributed by atoms with Gasteiger partial charge in [-0.1, -0.05) is 6.58 Å². The van der Waals surface area contributed by atoms with Gasteiger partial charge in [0.25, 0.3) is 0 Å². The standard InChI is InChI=1S/C17H24O4/c1-10(2)17(19)21-15-9-12-8-13(15)7-11(12)3-4-14-5-6-16(18)20-14/h11-15H,1,3-9H2,2H3. The smallest absolute Gasteiger partial charge is 0.333 e. The largest absolute Gasteiger partial charge is 0.462 e. The van der Waals surface area contributed by atoms with Gasteiger partial charge in [-0.05, 0) is 63.2 Å². The van der Waals surface area contributed by atoms with Gasteiger partial charge >= 0.3 is 11.9 Å². The van der Waals surface area contributed by atoms with Crippen molar-refractivity contribution in [3.05, 3.63) is 12.2 Å². The van der Waals surface area contributed by atoms with E-state index in [1.165, 1.54) is 6.42 Å². The van der Waals surface area contributed by atoms with E-state index in [1.54, 1.807) is 6.92 Å². The third-order valence-electron chi connectivity index (χ3n) is 5.37. The molecule has 2 saturated carbocycles. The average molecular weight is 292 g/mol. The summed E-state index contributed by atoms with van der Waals surface area (Å²) >= 11 is 0. The summed E-state index contributed by atoms with van der Waals surface area (Å²) in [5, 5.41) is 0. The van der Waals surface area contributed by atoms with E-state index in [-0.39, 0.29) is 24.1 Å². The maximum absolute atomic E-state index is 11.6. The first-order chi connectivity index (χ1) is 10.0. The fraction of sp³-hybridized carbons (Fsp3) is 0.765. The topological polar surface area (TPSA) is 52.6 Å². The first kappa shape index (κ1) is 14.6. The lowest BCUT2D eigenvalue weighted by Crippen LogP contribution is -2.28. The number of fused-ring (bicyclic) bond motifs is 2. The Hall–Kier alpha value is -1.32. The van der Waals surface area contributed by atoms with Crippen LogP contribution in [0.2, 0.25) is 0 Å². The third-order valence-corrected chi connectivity index (χ3v) is 5.37. The van der Waals surface area contributed by atoms with Crippen LogP contribution in [0.4, 0.5) is 0 Å². The molecule has 3 rings (SSSR count). The maximum Gasteiger partial charge on any atom is 0.333 e. The number of carbonyl (C=O) groups is 2. The van der Waals surface area contributed by atoms with Crippen LogP contribution in [0, 0.1) is 17.8 Å². The van der Waals surface area contributed by atoms with E-state index in [0.717, 1.165) is 32.1 Å². The zero-order chi connectivity index (χ0) is 15.0. The fourth-order valence-electron chi connectivity index (χ4n) is 4.26. The van der Waals surface area contributed by atoms with E-state index in [1.807, 2.05) is 0 Å². The Balaban J connectivity index is 1.43. The minimum atomic E-state index is -0.248. The van der Waals surface area contributed by atoms with Crippen molar-refractivity contribution in [1.29, 1.82) is 0 Å². The molecule has 3 aliphatic rings. The van der Waals surface area contributed by atoms with Gasteiger partial charge in [-0.15, -0.1) is 0 Å². The molecule has 1 saturated heterocycles. The summed E-state index contributed by atoms with van der Waals surface area (Å²) in [6.45, 7) is 5.33. The normalized spacial score (nSPS) is 37.6. The van der Waals surface area contributed by atoms with Crippen molar-refractivity contribution in [2.75, 3.05) is 0 Å². The molecular weight excluding hydrogens is 268 g/mol. The average Bonchev–Trinajstić information content (AvgIpc) is 3.11. The molecule has 0 aromatic heterocycles. The van der Waals surface area contributed by atoms with Gasteiger partial charge in [0.05, 0.1) is 0 Å². The van der Waals surface area contributed by atoms with Gasteiger partial charge < -0.3 is 9.47 Å². The molecule has 0 aromatic carbocycles. The van der Waals surface area contributed by atoms with Crippen LogP contribution in [-0.2, 0) is 19.1 Å². The van der Waals surface area contributed by atoms with E-state index in [2.05, 4.69) is 6.58 Å². The molecule has 0 radical (unpaired) electrons. The second-order valence-electron chi connectivity index (χ2n) is 6.94. The number of hydrogen-bond acceptors (Lipinski definition) is 4. The summed E-state index contributed by atoms with van der Waals surface area (Å²) in [4.78, 5) is 22.7. The molecule has 116 valence electrons. The third kappa shape index (κ3) is 3.14. The number of rotatable bonds is 5. The summed E-state index contributed by atoms with van der Waals surface area (Å²) in [7, 11) is 0. The lowest BCUT2D eigenvalue weighted by atomic mass is 9.83. The first-order valence-electron chi connectivity index (χ1n) is 8.09. The van der Waals surface area contributed by atoms with Crippen molar-refractivity contribution in [1.82, 2.24) is 0 Å². The Morgan fingerprint density at radius 1 is 1.29 bits per heavy atom. The van der Waals surface area contributed by atoms with Crippen molar-refractivity contribution in [2.24, 2.45) is 17.8 Å². The zero-order valence-electron chi connectivity index (χ0n) is 12.7. The molecule has 2 bridgehead atoms. The Morgan fingerprint density at radius 2 is 2.10 bits per heavy atom. The van der Waals surface area contributed by atoms with Crippen LogP contribution in [0.5, 0.6) is 0 Å². The molecule has 0 N–H and O–H groups in total. The number of cyclic esters (lactones) is 1. The first-order valence-corrected chi connectivity index (χ1v) is 8.09. The molecule has 4 heteroatoms. The second kappa shape index (κ2) is 5.82. The van der Waals surface area contributed by atoms with E-state index in [9.17, 15) is 9.59 Å². The zero-order valence-corrected chi connectivity index (χ0v) is 12.7. The Kier molecular flexibility index (Phi) is 4.05. The van der Waals surface area contributed by atoms with Gasteiger partial charge in [0.15, 0.2) is 0 Å². The predicted molar refractivity (Wildman–Crippen MR) is 77.4 cm³/mol. The summed E-state index contributed by atoms with van der Waals surface area (Å²) in [6, 6.07) is 0. The maximum atomic E-state index is 11.6. The van der Waals surface area contributed by atoms with Crippen LogP contribution in [0.25, 0.3) is 0 Å². The van der Waals surface area contributed by atoms with Gasteiger partial charge in [-0.2, -0.15) is 0 Å². The van der Waals surface area contributed by atoms with Gasteiger partial charge in [0.2, 0.25) is 0 Å². The van der Waals surface area contributed by atoms with E-state index >= 15 is 0 Å². The lowest BCUT2D eigenvalue weighted by Gasteiger charge is -2.28. The molecular formula is C17H24O4. The van der Waals surface area contributed by atoms with Crippen molar-refractivity contribution < 1.29 is 19.1 Å². The number of carbonyl (C=O) groups excluding carboxylic acids is 2. The monoisotopic (exact) mass is 292 g/mol. The minimum Gasteiger partial charge on any atom is -0.462 e. The molecule has 5 unspecified atom stereocenters. The van der Waals surface area contributed by atoms with Crippen molar-refractivity contribution >= 4 is 11.9 Å². The molecule has 2 aliphatic carbocycles. The van der Waals surface area contributed by atoms with Crippen LogP contribution in [0.1, 0.15) is 51.9 Å². The molecule has 1 aliphatic heterocycles. The molecule has 5 atom stereocenters. The molecule has 0 amide bonds. The Morgan fingerprint density at radius 3 is 2.67 bits per heavy atom. The van der Waals surface area contributed by atoms with Gasteiger partial charge in [-0.25, -0.2) is 4.79 Å². The van der Waals surface area contributed by atoms with E-state index in [4.69, 9.17) is 9.47 Å². The number of hydrogen-bond donors (Lipinski definition) is 0. The van der Waals surface area contributed by atoms with Crippen molar-refractivity contribution in [3.63, 3.8) is 0 Å². The highest BCUT2D eigenvalue weighted by atomic mass is 16.6. The molecule has 21 heavy (non-hydrogen) atoms. The number of ether oxygens (including phenoxy) is 2. The van der Waals surface area contributed by atoms with Crippen LogP contribution >= 0.6 is 0 Å². The lowest BCUT2D eigenvalue weighted by molar-refractivity contribution is -0.147.